The number of esters is 1. The molecule has 0 bridgehead atoms. The number of aromatic nitrogens is 4. The van der Waals surface area contributed by atoms with Gasteiger partial charge < -0.3 is 20.7 Å². The molecule has 11 heteroatoms. The van der Waals surface area contributed by atoms with Crippen LogP contribution in [0.3, 0.4) is 0 Å². The largest absolute Gasteiger partial charge is 0.453 e. The predicted molar refractivity (Wildman–Crippen MR) is 115 cm³/mol. The number of rotatable bonds is 6. The first-order valence-corrected chi connectivity index (χ1v) is 10.2. The van der Waals surface area contributed by atoms with E-state index in [2.05, 4.69) is 25.3 Å². The summed E-state index contributed by atoms with van der Waals surface area (Å²) in [5, 5.41) is 4.03. The van der Waals surface area contributed by atoms with Crippen LogP contribution in [0.4, 0.5) is 22.7 Å². The Kier molecular flexibility index (Phi) is 5.23. The number of benzene rings is 1. The standard InChI is InChI=1S/C18H17N7O2S2/c1-25(2)17-22-13(21-16(19)24-17)9-27-15(26)12-8-11-14(28-12)23-18(29-11)20-10-6-4-3-5-7-10/h3-8H,9H2,1-2H3,(H,20,23)(H2,19,21,22,24). The molecule has 0 saturated carbocycles. The van der Waals surface area contributed by atoms with Crippen molar-refractivity contribution in [3.05, 3.63) is 47.1 Å². The van der Waals surface area contributed by atoms with Crippen molar-refractivity contribution in [2.45, 2.75) is 6.61 Å². The Labute approximate surface area is 174 Å². The molecule has 0 aliphatic rings. The van der Waals surface area contributed by atoms with Crippen LogP contribution in [0, 0.1) is 0 Å². The Morgan fingerprint density at radius 1 is 1.14 bits per heavy atom. The molecule has 3 aromatic heterocycles. The zero-order chi connectivity index (χ0) is 20.4. The minimum absolute atomic E-state index is 0.0778. The van der Waals surface area contributed by atoms with Gasteiger partial charge >= 0.3 is 5.97 Å². The number of thiophene rings is 1. The average Bonchev–Trinajstić information content (AvgIpc) is 3.25. The van der Waals surface area contributed by atoms with Crippen molar-refractivity contribution in [2.24, 2.45) is 0 Å². The number of ether oxygens (including phenoxy) is 1. The molecule has 29 heavy (non-hydrogen) atoms. The molecular weight excluding hydrogens is 410 g/mol. The Morgan fingerprint density at radius 3 is 2.66 bits per heavy atom. The lowest BCUT2D eigenvalue weighted by atomic mass is 10.3. The first-order chi connectivity index (χ1) is 14.0. The fourth-order valence-electron chi connectivity index (χ4n) is 2.42. The molecule has 3 N–H and O–H groups in total. The molecule has 0 aliphatic carbocycles. The van der Waals surface area contributed by atoms with Gasteiger partial charge in [-0.1, -0.05) is 29.5 Å². The van der Waals surface area contributed by atoms with E-state index in [1.807, 2.05) is 30.3 Å². The van der Waals surface area contributed by atoms with Gasteiger partial charge in [-0.3, -0.25) is 0 Å². The van der Waals surface area contributed by atoms with Crippen LogP contribution in [0.5, 0.6) is 0 Å². The first kappa shape index (κ1) is 19.0. The zero-order valence-corrected chi connectivity index (χ0v) is 17.3. The summed E-state index contributed by atoms with van der Waals surface area (Å²) in [6.07, 6.45) is 0. The molecule has 0 fully saturated rings. The highest BCUT2D eigenvalue weighted by atomic mass is 32.1. The molecule has 4 aromatic rings. The molecule has 0 aliphatic heterocycles. The summed E-state index contributed by atoms with van der Waals surface area (Å²) in [4.78, 5) is 32.1. The van der Waals surface area contributed by atoms with Gasteiger partial charge in [-0.2, -0.15) is 15.0 Å². The van der Waals surface area contributed by atoms with E-state index in [4.69, 9.17) is 10.5 Å². The van der Waals surface area contributed by atoms with Gasteiger partial charge in [0.15, 0.2) is 17.6 Å². The van der Waals surface area contributed by atoms with Gasteiger partial charge in [0.05, 0.1) is 4.70 Å². The molecule has 1 aromatic carbocycles. The second-order valence-electron chi connectivity index (χ2n) is 6.17. The number of fused-ring (bicyclic) bond motifs is 1. The molecule has 9 nitrogen and oxygen atoms in total. The van der Waals surface area contributed by atoms with Gasteiger partial charge in [0.1, 0.15) is 9.71 Å². The van der Waals surface area contributed by atoms with Gasteiger partial charge in [0.25, 0.3) is 0 Å². The number of para-hydroxylation sites is 1. The maximum absolute atomic E-state index is 12.4. The van der Waals surface area contributed by atoms with Crippen LogP contribution in [0.1, 0.15) is 15.5 Å². The van der Waals surface area contributed by atoms with Crippen molar-refractivity contribution < 1.29 is 9.53 Å². The van der Waals surface area contributed by atoms with E-state index in [0.29, 0.717) is 16.6 Å². The Balaban J connectivity index is 1.43. The molecule has 0 spiro atoms. The van der Waals surface area contributed by atoms with E-state index in [0.717, 1.165) is 20.3 Å². The highest BCUT2D eigenvalue weighted by Gasteiger charge is 2.16. The lowest BCUT2D eigenvalue weighted by molar-refractivity contribution is 0.0468. The van der Waals surface area contributed by atoms with E-state index in [9.17, 15) is 4.79 Å². The number of hydrogen-bond donors (Lipinski definition) is 2. The van der Waals surface area contributed by atoms with Gasteiger partial charge in [0, 0.05) is 19.8 Å². The molecule has 0 saturated heterocycles. The van der Waals surface area contributed by atoms with Gasteiger partial charge in [0.2, 0.25) is 11.9 Å². The Hall–Kier alpha value is -3.31. The predicted octanol–water partition coefficient (Wildman–Crippen LogP) is 3.29. The Bertz CT molecular complexity index is 1130. The topological polar surface area (TPSA) is 119 Å². The first-order valence-electron chi connectivity index (χ1n) is 8.55. The molecule has 0 amide bonds. The second kappa shape index (κ2) is 7.97. The average molecular weight is 428 g/mol. The van der Waals surface area contributed by atoms with Crippen LogP contribution in [0.25, 0.3) is 9.53 Å². The number of anilines is 4. The lowest BCUT2D eigenvalue weighted by Crippen LogP contribution is -2.17. The number of nitrogen functional groups attached to an aromatic ring is 1. The summed E-state index contributed by atoms with van der Waals surface area (Å²) in [5.74, 6) is 0.320. The van der Waals surface area contributed by atoms with Crippen molar-refractivity contribution in [1.82, 2.24) is 19.9 Å². The molecule has 4 rings (SSSR count). The number of carbonyl (C=O) groups excluding carboxylic acids is 1. The van der Waals surface area contributed by atoms with Gasteiger partial charge in [-0.25, -0.2) is 9.78 Å². The number of hydrogen-bond acceptors (Lipinski definition) is 11. The van der Waals surface area contributed by atoms with E-state index in [1.54, 1.807) is 25.1 Å². The third kappa shape index (κ3) is 4.41. The SMILES string of the molecule is CN(C)c1nc(N)nc(COC(=O)c2cc3sc(Nc4ccccc4)nc3s2)n1. The molecule has 3 heterocycles. The number of carbonyl (C=O) groups is 1. The van der Waals surface area contributed by atoms with Crippen LogP contribution >= 0.6 is 22.7 Å². The monoisotopic (exact) mass is 427 g/mol. The van der Waals surface area contributed by atoms with Crippen LogP contribution in [0.15, 0.2) is 36.4 Å². The number of nitrogens with one attached hydrogen (secondary N) is 1. The maximum Gasteiger partial charge on any atom is 0.348 e. The maximum atomic E-state index is 12.4. The summed E-state index contributed by atoms with van der Waals surface area (Å²) in [6.45, 7) is -0.0911. The van der Waals surface area contributed by atoms with E-state index in [-0.39, 0.29) is 12.6 Å². The summed E-state index contributed by atoms with van der Waals surface area (Å²) < 4.78 is 6.25. The second-order valence-corrected chi connectivity index (χ2v) is 8.23. The number of nitrogens with two attached hydrogens (primary N) is 1. The van der Waals surface area contributed by atoms with Crippen molar-refractivity contribution in [3.8, 4) is 0 Å². The fraction of sp³-hybridized carbons (Fsp3) is 0.167. The van der Waals surface area contributed by atoms with Crippen LogP contribution < -0.4 is 16.0 Å². The van der Waals surface area contributed by atoms with Gasteiger partial charge in [-0.15, -0.1) is 11.3 Å². The van der Waals surface area contributed by atoms with E-state index < -0.39 is 5.97 Å². The molecular formula is C18H17N7O2S2. The van der Waals surface area contributed by atoms with Crippen molar-refractivity contribution >= 4 is 60.9 Å². The fourth-order valence-corrected chi connectivity index (χ4v) is 4.45. The quantitative estimate of drug-likeness (QED) is 0.447. The number of nitrogens with zero attached hydrogens (tertiary/aromatic N) is 5. The van der Waals surface area contributed by atoms with E-state index in [1.165, 1.54) is 22.7 Å². The van der Waals surface area contributed by atoms with Crippen molar-refractivity contribution in [2.75, 3.05) is 30.0 Å². The molecule has 148 valence electrons. The smallest absolute Gasteiger partial charge is 0.348 e. The minimum Gasteiger partial charge on any atom is -0.453 e. The lowest BCUT2D eigenvalue weighted by Gasteiger charge is -2.11. The third-order valence-electron chi connectivity index (χ3n) is 3.74. The van der Waals surface area contributed by atoms with Crippen molar-refractivity contribution in [3.63, 3.8) is 0 Å². The van der Waals surface area contributed by atoms with E-state index >= 15 is 0 Å². The summed E-state index contributed by atoms with van der Waals surface area (Å²) in [7, 11) is 3.58. The van der Waals surface area contributed by atoms with Crippen molar-refractivity contribution in [1.29, 1.82) is 0 Å². The molecule has 0 radical (unpaired) electrons. The van der Waals surface area contributed by atoms with Gasteiger partial charge in [-0.05, 0) is 18.2 Å². The zero-order valence-electron chi connectivity index (χ0n) is 15.6. The van der Waals surface area contributed by atoms with Crippen LogP contribution in [0.2, 0.25) is 0 Å². The Morgan fingerprint density at radius 2 is 1.93 bits per heavy atom. The highest BCUT2D eigenvalue weighted by molar-refractivity contribution is 7.29. The molecule has 0 unspecified atom stereocenters. The summed E-state index contributed by atoms with van der Waals surface area (Å²) >= 11 is 2.76. The number of thiazole rings is 1. The summed E-state index contributed by atoms with van der Waals surface area (Å²) in [5.41, 5.74) is 6.64. The summed E-state index contributed by atoms with van der Waals surface area (Å²) in [6, 6.07) is 11.6. The normalized spacial score (nSPS) is 10.8. The van der Waals surface area contributed by atoms with Crippen LogP contribution in [-0.2, 0) is 11.3 Å². The molecule has 0 atom stereocenters. The highest BCUT2D eigenvalue weighted by Crippen LogP contribution is 2.34. The van der Waals surface area contributed by atoms with Crippen LogP contribution in [-0.4, -0.2) is 40.0 Å². The third-order valence-corrected chi connectivity index (χ3v) is 5.79. The minimum atomic E-state index is -0.455.